The Hall–Kier alpha value is -1.75. The first-order chi connectivity index (χ1) is 8.45. The molecule has 5 nitrogen and oxygen atoms in total. The van der Waals surface area contributed by atoms with E-state index in [1.54, 1.807) is 13.1 Å². The molecule has 0 fully saturated rings. The van der Waals surface area contributed by atoms with Crippen molar-refractivity contribution in [2.75, 3.05) is 25.9 Å². The Morgan fingerprint density at radius 1 is 1.44 bits per heavy atom. The van der Waals surface area contributed by atoms with Crippen LogP contribution in [0.4, 0.5) is 5.69 Å². The first-order valence-electron chi connectivity index (χ1n) is 5.41. The van der Waals surface area contributed by atoms with Crippen LogP contribution in [-0.2, 0) is 9.53 Å². The van der Waals surface area contributed by atoms with E-state index in [2.05, 4.69) is 0 Å². The van der Waals surface area contributed by atoms with Gasteiger partial charge in [0, 0.05) is 19.3 Å². The standard InChI is InChI=1S/C12H15ClN2O3/c1-3-15(2)11(16)7-18-12(17)9-6-8(14)4-5-10(9)13/h4-6H,3,7,14H2,1-2H3. The molecular weight excluding hydrogens is 256 g/mol. The number of halogens is 1. The zero-order valence-corrected chi connectivity index (χ0v) is 11.0. The van der Waals surface area contributed by atoms with Gasteiger partial charge in [0.2, 0.25) is 0 Å². The fourth-order valence-corrected chi connectivity index (χ4v) is 1.39. The number of amides is 1. The fraction of sp³-hybridized carbons (Fsp3) is 0.333. The summed E-state index contributed by atoms with van der Waals surface area (Å²) in [6.07, 6.45) is 0. The summed E-state index contributed by atoms with van der Waals surface area (Å²) >= 11 is 5.84. The summed E-state index contributed by atoms with van der Waals surface area (Å²) < 4.78 is 4.88. The summed E-state index contributed by atoms with van der Waals surface area (Å²) in [6.45, 7) is 2.07. The number of hydrogen-bond acceptors (Lipinski definition) is 4. The van der Waals surface area contributed by atoms with Gasteiger partial charge in [-0.1, -0.05) is 11.6 Å². The van der Waals surface area contributed by atoms with Crippen LogP contribution >= 0.6 is 11.6 Å². The summed E-state index contributed by atoms with van der Waals surface area (Å²) in [6, 6.07) is 4.50. The first kappa shape index (κ1) is 14.3. The number of carbonyl (C=O) groups excluding carboxylic acids is 2. The molecule has 0 spiro atoms. The van der Waals surface area contributed by atoms with E-state index in [0.29, 0.717) is 12.2 Å². The van der Waals surface area contributed by atoms with E-state index in [0.717, 1.165) is 0 Å². The second-order valence-electron chi connectivity index (χ2n) is 3.72. The maximum atomic E-state index is 11.7. The van der Waals surface area contributed by atoms with Crippen LogP contribution in [0.15, 0.2) is 18.2 Å². The lowest BCUT2D eigenvalue weighted by Gasteiger charge is -2.14. The molecule has 0 aliphatic rings. The Morgan fingerprint density at radius 3 is 2.72 bits per heavy atom. The lowest BCUT2D eigenvalue weighted by atomic mass is 10.2. The van der Waals surface area contributed by atoms with Gasteiger partial charge in [-0.3, -0.25) is 4.79 Å². The molecule has 6 heteroatoms. The van der Waals surface area contributed by atoms with Crippen molar-refractivity contribution in [2.24, 2.45) is 0 Å². The van der Waals surface area contributed by atoms with Crippen molar-refractivity contribution >= 4 is 29.2 Å². The Balaban J connectivity index is 2.66. The number of nitrogens with zero attached hydrogens (tertiary/aromatic N) is 1. The number of carbonyl (C=O) groups is 2. The van der Waals surface area contributed by atoms with Crippen LogP contribution in [0.5, 0.6) is 0 Å². The lowest BCUT2D eigenvalue weighted by molar-refractivity contribution is -0.133. The molecule has 1 aromatic carbocycles. The highest BCUT2D eigenvalue weighted by atomic mass is 35.5. The van der Waals surface area contributed by atoms with Crippen molar-refractivity contribution in [3.63, 3.8) is 0 Å². The third-order valence-corrected chi connectivity index (χ3v) is 2.77. The molecular formula is C12H15ClN2O3. The van der Waals surface area contributed by atoms with Gasteiger partial charge in [-0.25, -0.2) is 4.79 Å². The van der Waals surface area contributed by atoms with Gasteiger partial charge in [0.1, 0.15) is 0 Å². The molecule has 0 saturated carbocycles. The Morgan fingerprint density at radius 2 is 2.11 bits per heavy atom. The average molecular weight is 271 g/mol. The van der Waals surface area contributed by atoms with E-state index >= 15 is 0 Å². The van der Waals surface area contributed by atoms with Crippen molar-refractivity contribution in [2.45, 2.75) is 6.92 Å². The smallest absolute Gasteiger partial charge is 0.340 e. The highest BCUT2D eigenvalue weighted by molar-refractivity contribution is 6.33. The number of hydrogen-bond donors (Lipinski definition) is 1. The van der Waals surface area contributed by atoms with Crippen molar-refractivity contribution in [1.29, 1.82) is 0 Å². The van der Waals surface area contributed by atoms with E-state index in [1.165, 1.54) is 17.0 Å². The van der Waals surface area contributed by atoms with Gasteiger partial charge >= 0.3 is 5.97 Å². The molecule has 0 aliphatic carbocycles. The van der Waals surface area contributed by atoms with Crippen molar-refractivity contribution < 1.29 is 14.3 Å². The van der Waals surface area contributed by atoms with Crippen LogP contribution in [-0.4, -0.2) is 37.0 Å². The predicted octanol–water partition coefficient (Wildman–Crippen LogP) is 1.56. The van der Waals surface area contributed by atoms with Gasteiger partial charge in [0.05, 0.1) is 10.6 Å². The van der Waals surface area contributed by atoms with Crippen LogP contribution < -0.4 is 5.73 Å². The molecule has 0 aliphatic heterocycles. The maximum absolute atomic E-state index is 11.7. The molecule has 18 heavy (non-hydrogen) atoms. The Bertz CT molecular complexity index is 463. The molecule has 0 aromatic heterocycles. The molecule has 1 amide bonds. The van der Waals surface area contributed by atoms with E-state index < -0.39 is 5.97 Å². The number of nitrogen functional groups attached to an aromatic ring is 1. The first-order valence-corrected chi connectivity index (χ1v) is 5.79. The third kappa shape index (κ3) is 3.63. The van der Waals surface area contributed by atoms with E-state index in [9.17, 15) is 9.59 Å². The molecule has 98 valence electrons. The maximum Gasteiger partial charge on any atom is 0.340 e. The third-order valence-electron chi connectivity index (χ3n) is 2.44. The van der Waals surface area contributed by atoms with Gasteiger partial charge < -0.3 is 15.4 Å². The minimum Gasteiger partial charge on any atom is -0.452 e. The van der Waals surface area contributed by atoms with Gasteiger partial charge in [-0.2, -0.15) is 0 Å². The number of benzene rings is 1. The Labute approximate surface area is 110 Å². The molecule has 0 unspecified atom stereocenters. The minimum absolute atomic E-state index is 0.156. The summed E-state index contributed by atoms with van der Waals surface area (Å²) in [4.78, 5) is 24.6. The van der Waals surface area contributed by atoms with Gasteiger partial charge in [-0.15, -0.1) is 0 Å². The summed E-state index contributed by atoms with van der Waals surface area (Å²) in [5.74, 6) is -0.934. The number of esters is 1. The number of anilines is 1. The van der Waals surface area contributed by atoms with Gasteiger partial charge in [0.25, 0.3) is 5.91 Å². The highest BCUT2D eigenvalue weighted by Gasteiger charge is 2.15. The zero-order chi connectivity index (χ0) is 13.7. The molecule has 0 heterocycles. The van der Waals surface area contributed by atoms with E-state index in [-0.39, 0.29) is 23.1 Å². The molecule has 1 rings (SSSR count). The summed E-state index contributed by atoms with van der Waals surface area (Å²) in [5.41, 5.74) is 6.11. The topological polar surface area (TPSA) is 72.6 Å². The average Bonchev–Trinajstić information content (AvgIpc) is 2.37. The number of rotatable bonds is 4. The number of nitrogens with two attached hydrogens (primary N) is 1. The largest absolute Gasteiger partial charge is 0.452 e. The second kappa shape index (κ2) is 6.26. The van der Waals surface area contributed by atoms with E-state index in [1.807, 2.05) is 6.92 Å². The predicted molar refractivity (Wildman–Crippen MR) is 69.5 cm³/mol. The monoisotopic (exact) mass is 270 g/mol. The van der Waals surface area contributed by atoms with Crippen molar-refractivity contribution in [3.05, 3.63) is 28.8 Å². The van der Waals surface area contributed by atoms with E-state index in [4.69, 9.17) is 22.1 Å². The quantitative estimate of drug-likeness (QED) is 0.666. The highest BCUT2D eigenvalue weighted by Crippen LogP contribution is 2.19. The van der Waals surface area contributed by atoms with Crippen LogP contribution in [0.25, 0.3) is 0 Å². The molecule has 1 aromatic rings. The second-order valence-corrected chi connectivity index (χ2v) is 4.13. The fourth-order valence-electron chi connectivity index (χ4n) is 1.19. The van der Waals surface area contributed by atoms with Crippen molar-refractivity contribution in [1.82, 2.24) is 4.90 Å². The van der Waals surface area contributed by atoms with Gasteiger partial charge in [0.15, 0.2) is 6.61 Å². The number of ether oxygens (including phenoxy) is 1. The normalized spacial score (nSPS) is 9.94. The Kier molecular flexibility index (Phi) is 4.97. The molecule has 2 N–H and O–H groups in total. The van der Waals surface area contributed by atoms with Crippen LogP contribution in [0.1, 0.15) is 17.3 Å². The van der Waals surface area contributed by atoms with Gasteiger partial charge in [-0.05, 0) is 25.1 Å². The van der Waals surface area contributed by atoms with Crippen LogP contribution in [0, 0.1) is 0 Å². The van der Waals surface area contributed by atoms with Crippen LogP contribution in [0.3, 0.4) is 0 Å². The molecule has 0 bridgehead atoms. The van der Waals surface area contributed by atoms with Crippen LogP contribution in [0.2, 0.25) is 5.02 Å². The number of likely N-dealkylation sites (N-methyl/N-ethyl adjacent to an activating group) is 1. The summed E-state index contributed by atoms with van der Waals surface area (Å²) in [7, 11) is 1.63. The van der Waals surface area contributed by atoms with Crippen molar-refractivity contribution in [3.8, 4) is 0 Å². The minimum atomic E-state index is -0.662. The lowest BCUT2D eigenvalue weighted by Crippen LogP contribution is -2.30. The molecule has 0 atom stereocenters. The SMILES string of the molecule is CCN(C)C(=O)COC(=O)c1cc(N)ccc1Cl. The molecule has 0 saturated heterocycles. The summed E-state index contributed by atoms with van der Waals surface area (Å²) in [5, 5.41) is 0.241. The molecule has 0 radical (unpaired) electrons. The zero-order valence-electron chi connectivity index (χ0n) is 10.3.